The third kappa shape index (κ3) is 4.11. The fourth-order valence-electron chi connectivity index (χ4n) is 3.40. The van der Waals surface area contributed by atoms with Crippen LogP contribution in [0.4, 0.5) is 0 Å². The Morgan fingerprint density at radius 2 is 2.00 bits per heavy atom. The summed E-state index contributed by atoms with van der Waals surface area (Å²) in [6.45, 7) is 1.68. The molecule has 28 heavy (non-hydrogen) atoms. The van der Waals surface area contributed by atoms with Crippen molar-refractivity contribution in [2.75, 3.05) is 20.3 Å². The highest BCUT2D eigenvalue weighted by molar-refractivity contribution is 6.23. The van der Waals surface area contributed by atoms with Gasteiger partial charge in [-0.3, -0.25) is 29.4 Å². The zero-order valence-corrected chi connectivity index (χ0v) is 15.7. The van der Waals surface area contributed by atoms with Gasteiger partial charge in [0.25, 0.3) is 11.8 Å². The van der Waals surface area contributed by atoms with E-state index in [2.05, 4.69) is 10.6 Å². The van der Waals surface area contributed by atoms with Gasteiger partial charge in [0.05, 0.1) is 11.1 Å². The number of hydrogen-bond acceptors (Lipinski definition) is 7. The molecule has 0 aromatic heterocycles. The van der Waals surface area contributed by atoms with Crippen LogP contribution >= 0.6 is 0 Å². The minimum absolute atomic E-state index is 0.0411. The zero-order chi connectivity index (χ0) is 20.3. The second-order valence-electron chi connectivity index (χ2n) is 7.00. The molecular formula is C19H24N4O5. The molecule has 4 amide bonds. The van der Waals surface area contributed by atoms with Crippen molar-refractivity contribution in [1.82, 2.24) is 15.5 Å². The quantitative estimate of drug-likeness (QED) is 0.514. The van der Waals surface area contributed by atoms with Gasteiger partial charge in [-0.2, -0.15) is 0 Å². The molecule has 0 radical (unpaired) electrons. The Hall–Kier alpha value is -2.62. The molecule has 2 aliphatic heterocycles. The number of piperidine rings is 1. The van der Waals surface area contributed by atoms with Crippen molar-refractivity contribution in [2.24, 2.45) is 5.73 Å². The average Bonchev–Trinajstić information content (AvgIpc) is 2.91. The van der Waals surface area contributed by atoms with Crippen LogP contribution in [0.2, 0.25) is 0 Å². The summed E-state index contributed by atoms with van der Waals surface area (Å²) in [5.74, 6) is -2.02. The van der Waals surface area contributed by atoms with E-state index in [0.717, 1.165) is 16.9 Å². The van der Waals surface area contributed by atoms with Crippen LogP contribution in [0, 0.1) is 0 Å². The van der Waals surface area contributed by atoms with Crippen molar-refractivity contribution in [2.45, 2.75) is 37.9 Å². The number of hydrogen-bond donors (Lipinski definition) is 3. The molecule has 2 aliphatic rings. The number of carbonyl (C=O) groups excluding carboxylic acids is 4. The van der Waals surface area contributed by atoms with Crippen molar-refractivity contribution in [3.05, 3.63) is 34.9 Å². The monoisotopic (exact) mass is 388 g/mol. The van der Waals surface area contributed by atoms with Gasteiger partial charge in [0.1, 0.15) is 6.04 Å². The van der Waals surface area contributed by atoms with Gasteiger partial charge in [0, 0.05) is 39.3 Å². The normalized spacial score (nSPS) is 20.4. The molecular weight excluding hydrogens is 364 g/mol. The molecule has 3 rings (SSSR count). The lowest BCUT2D eigenvalue weighted by Crippen LogP contribution is -2.54. The summed E-state index contributed by atoms with van der Waals surface area (Å²) in [6, 6.07) is 4.04. The number of amides is 4. The van der Waals surface area contributed by atoms with Gasteiger partial charge in [-0.15, -0.1) is 0 Å². The molecule has 9 nitrogen and oxygen atoms in total. The van der Waals surface area contributed by atoms with Crippen LogP contribution in [0.15, 0.2) is 18.2 Å². The van der Waals surface area contributed by atoms with Crippen molar-refractivity contribution in [1.29, 1.82) is 0 Å². The Morgan fingerprint density at radius 3 is 2.71 bits per heavy atom. The largest absolute Gasteiger partial charge is 0.385 e. The Labute approximate surface area is 162 Å². The number of imide groups is 2. The fourth-order valence-corrected chi connectivity index (χ4v) is 3.40. The van der Waals surface area contributed by atoms with Crippen molar-refractivity contribution in [3.8, 4) is 0 Å². The Bertz CT molecular complexity index is 810. The van der Waals surface area contributed by atoms with Crippen LogP contribution in [-0.4, -0.2) is 60.9 Å². The van der Waals surface area contributed by atoms with E-state index in [-0.39, 0.29) is 30.0 Å². The predicted octanol–water partition coefficient (Wildman–Crippen LogP) is -0.459. The first-order valence-corrected chi connectivity index (χ1v) is 9.22. The number of benzene rings is 1. The molecule has 2 unspecified atom stereocenters. The van der Waals surface area contributed by atoms with E-state index in [4.69, 9.17) is 10.5 Å². The number of rotatable bonds is 8. The molecule has 2 heterocycles. The lowest BCUT2D eigenvalue weighted by molar-refractivity contribution is -0.136. The number of nitrogens with one attached hydrogen (secondary N) is 2. The summed E-state index contributed by atoms with van der Waals surface area (Å²) in [4.78, 5) is 49.8. The second-order valence-corrected chi connectivity index (χ2v) is 7.00. The van der Waals surface area contributed by atoms with E-state index >= 15 is 0 Å². The van der Waals surface area contributed by atoms with Gasteiger partial charge in [-0.05, 0) is 30.5 Å². The van der Waals surface area contributed by atoms with Gasteiger partial charge in [0.2, 0.25) is 11.8 Å². The molecule has 1 aromatic carbocycles. The second kappa shape index (κ2) is 8.59. The van der Waals surface area contributed by atoms with Crippen LogP contribution in [0.1, 0.15) is 45.5 Å². The van der Waals surface area contributed by atoms with Crippen LogP contribution in [-0.2, 0) is 20.9 Å². The van der Waals surface area contributed by atoms with Gasteiger partial charge in [0.15, 0.2) is 0 Å². The minimum atomic E-state index is -0.953. The number of fused-ring (bicyclic) bond motifs is 1. The lowest BCUT2D eigenvalue weighted by atomic mass is 10.0. The molecule has 0 aliphatic carbocycles. The third-order valence-electron chi connectivity index (χ3n) is 4.93. The van der Waals surface area contributed by atoms with E-state index in [1.54, 1.807) is 25.3 Å². The maximum Gasteiger partial charge on any atom is 0.262 e. The standard InChI is InChI=1S/C19H24N4O5/c1-28-7-6-12(20)10-21-9-11-2-3-13-14(8-11)19(27)23(18(13)26)15-4-5-16(24)22-17(15)25/h2-3,8,12,15,21H,4-7,9-10,20H2,1H3,(H,22,24,25). The number of carbonyl (C=O) groups is 4. The molecule has 1 aromatic rings. The molecule has 1 fully saturated rings. The number of nitrogens with zero attached hydrogens (tertiary/aromatic N) is 1. The number of nitrogens with two attached hydrogens (primary N) is 1. The van der Waals surface area contributed by atoms with E-state index in [1.807, 2.05) is 0 Å². The summed E-state index contributed by atoms with van der Waals surface area (Å²) in [7, 11) is 1.63. The summed E-state index contributed by atoms with van der Waals surface area (Å²) in [5, 5.41) is 5.41. The maximum absolute atomic E-state index is 12.8. The fraction of sp³-hybridized carbons (Fsp3) is 0.474. The highest BCUT2D eigenvalue weighted by Gasteiger charge is 2.44. The lowest BCUT2D eigenvalue weighted by Gasteiger charge is -2.27. The molecule has 2 atom stereocenters. The molecule has 4 N–H and O–H groups in total. The smallest absolute Gasteiger partial charge is 0.262 e. The highest BCUT2D eigenvalue weighted by Crippen LogP contribution is 2.28. The minimum Gasteiger partial charge on any atom is -0.385 e. The van der Waals surface area contributed by atoms with E-state index in [1.165, 1.54) is 0 Å². The maximum atomic E-state index is 12.8. The predicted molar refractivity (Wildman–Crippen MR) is 99.3 cm³/mol. The first kappa shape index (κ1) is 20.1. The average molecular weight is 388 g/mol. The summed E-state index contributed by atoms with van der Waals surface area (Å²) in [6.07, 6.45) is 0.980. The van der Waals surface area contributed by atoms with Crippen LogP contribution in [0.25, 0.3) is 0 Å². The molecule has 0 bridgehead atoms. The van der Waals surface area contributed by atoms with Gasteiger partial charge >= 0.3 is 0 Å². The first-order chi connectivity index (χ1) is 13.4. The molecule has 0 spiro atoms. The SMILES string of the molecule is COCCC(N)CNCc1ccc2c(c1)C(=O)N(C1CCC(=O)NC1=O)C2=O. The van der Waals surface area contributed by atoms with E-state index in [0.29, 0.717) is 19.7 Å². The Morgan fingerprint density at radius 1 is 1.25 bits per heavy atom. The summed E-state index contributed by atoms with van der Waals surface area (Å²) >= 11 is 0. The Kier molecular flexibility index (Phi) is 6.18. The van der Waals surface area contributed by atoms with Crippen molar-refractivity contribution >= 4 is 23.6 Å². The molecule has 150 valence electrons. The molecule has 9 heteroatoms. The van der Waals surface area contributed by atoms with Crippen LogP contribution in [0.5, 0.6) is 0 Å². The van der Waals surface area contributed by atoms with E-state index in [9.17, 15) is 19.2 Å². The summed E-state index contributed by atoms with van der Waals surface area (Å²) < 4.78 is 4.99. The van der Waals surface area contributed by atoms with Crippen molar-refractivity contribution in [3.63, 3.8) is 0 Å². The van der Waals surface area contributed by atoms with E-state index < -0.39 is 29.7 Å². The zero-order valence-electron chi connectivity index (χ0n) is 15.7. The number of methoxy groups -OCH3 is 1. The topological polar surface area (TPSA) is 131 Å². The van der Waals surface area contributed by atoms with Gasteiger partial charge in [-0.25, -0.2) is 0 Å². The molecule has 0 saturated carbocycles. The van der Waals surface area contributed by atoms with Gasteiger partial charge < -0.3 is 15.8 Å². The number of ether oxygens (including phenoxy) is 1. The van der Waals surface area contributed by atoms with Crippen LogP contribution in [0.3, 0.4) is 0 Å². The summed E-state index contributed by atoms with van der Waals surface area (Å²) in [5.41, 5.74) is 7.35. The van der Waals surface area contributed by atoms with Gasteiger partial charge in [-0.1, -0.05) is 6.07 Å². The van der Waals surface area contributed by atoms with Crippen molar-refractivity contribution < 1.29 is 23.9 Å². The molecule has 1 saturated heterocycles. The first-order valence-electron chi connectivity index (χ1n) is 9.22. The van der Waals surface area contributed by atoms with Crippen LogP contribution < -0.4 is 16.4 Å². The highest BCUT2D eigenvalue weighted by atomic mass is 16.5. The Balaban J connectivity index is 1.66. The third-order valence-corrected chi connectivity index (χ3v) is 4.93.